The van der Waals surface area contributed by atoms with Gasteiger partial charge in [0.05, 0.1) is 37.0 Å². The molecule has 3 heterocycles. The van der Waals surface area contributed by atoms with Crippen LogP contribution in [0.15, 0.2) is 48.9 Å². The van der Waals surface area contributed by atoms with Gasteiger partial charge in [0.15, 0.2) is 0 Å². The van der Waals surface area contributed by atoms with E-state index >= 15 is 0 Å². The lowest BCUT2D eigenvalue weighted by molar-refractivity contribution is -0.143. The van der Waals surface area contributed by atoms with Crippen molar-refractivity contribution < 1.29 is 22.7 Å². The topological polar surface area (TPSA) is 81.9 Å². The predicted molar refractivity (Wildman–Crippen MR) is 99.2 cm³/mol. The SMILES string of the molecule is CCOC(=O)CCn1cc(-c2cccc(Nc3cc(C(F)(F)F)ccn3)n2)cn1. The van der Waals surface area contributed by atoms with Crippen LogP contribution in [0.5, 0.6) is 0 Å². The molecule has 1 N–H and O–H groups in total. The Balaban J connectivity index is 1.71. The van der Waals surface area contributed by atoms with Crippen LogP contribution in [-0.4, -0.2) is 32.3 Å². The van der Waals surface area contributed by atoms with Gasteiger partial charge in [-0.05, 0) is 31.2 Å². The molecule has 0 spiro atoms. The molecule has 0 bridgehead atoms. The summed E-state index contributed by atoms with van der Waals surface area (Å²) in [6.45, 7) is 2.43. The lowest BCUT2D eigenvalue weighted by Crippen LogP contribution is -2.09. The average Bonchev–Trinajstić information content (AvgIpc) is 3.16. The van der Waals surface area contributed by atoms with Gasteiger partial charge in [0.2, 0.25) is 0 Å². The van der Waals surface area contributed by atoms with Gasteiger partial charge in [-0.3, -0.25) is 9.48 Å². The molecule has 152 valence electrons. The molecule has 0 aromatic carbocycles. The van der Waals surface area contributed by atoms with Crippen molar-refractivity contribution in [1.82, 2.24) is 19.7 Å². The molecule has 0 saturated carbocycles. The van der Waals surface area contributed by atoms with Crippen LogP contribution in [-0.2, 0) is 22.3 Å². The number of aryl methyl sites for hydroxylation is 1. The number of halogens is 3. The lowest BCUT2D eigenvalue weighted by Gasteiger charge is -2.09. The molecule has 3 rings (SSSR count). The Hall–Kier alpha value is -3.43. The lowest BCUT2D eigenvalue weighted by atomic mass is 10.2. The van der Waals surface area contributed by atoms with E-state index in [0.717, 1.165) is 18.3 Å². The van der Waals surface area contributed by atoms with Gasteiger partial charge in [-0.2, -0.15) is 18.3 Å². The summed E-state index contributed by atoms with van der Waals surface area (Å²) < 4.78 is 45.0. The minimum atomic E-state index is -4.45. The van der Waals surface area contributed by atoms with Gasteiger partial charge in [0.25, 0.3) is 0 Å². The number of esters is 1. The molecule has 10 heteroatoms. The fraction of sp³-hybridized carbons (Fsp3) is 0.263. The zero-order valence-electron chi connectivity index (χ0n) is 15.5. The van der Waals surface area contributed by atoms with Gasteiger partial charge in [-0.1, -0.05) is 6.07 Å². The number of ether oxygens (including phenoxy) is 1. The number of aromatic nitrogens is 4. The molecule has 0 radical (unpaired) electrons. The molecule has 0 unspecified atom stereocenters. The van der Waals surface area contributed by atoms with Gasteiger partial charge >= 0.3 is 12.1 Å². The second-order valence-corrected chi connectivity index (χ2v) is 6.01. The highest BCUT2D eigenvalue weighted by Crippen LogP contribution is 2.30. The van der Waals surface area contributed by atoms with Crippen LogP contribution in [0.25, 0.3) is 11.3 Å². The van der Waals surface area contributed by atoms with Crippen LogP contribution in [0.2, 0.25) is 0 Å². The van der Waals surface area contributed by atoms with Crippen molar-refractivity contribution in [1.29, 1.82) is 0 Å². The summed E-state index contributed by atoms with van der Waals surface area (Å²) in [5.74, 6) is 0.0747. The normalized spacial score (nSPS) is 11.3. The molecule has 0 aliphatic heterocycles. The molecule has 0 aliphatic carbocycles. The number of nitrogens with zero attached hydrogens (tertiary/aromatic N) is 4. The number of nitrogens with one attached hydrogen (secondary N) is 1. The van der Waals surface area contributed by atoms with Crippen molar-refractivity contribution >= 4 is 17.6 Å². The Morgan fingerprint density at radius 2 is 2.07 bits per heavy atom. The smallest absolute Gasteiger partial charge is 0.416 e. The Morgan fingerprint density at radius 1 is 1.24 bits per heavy atom. The molecule has 29 heavy (non-hydrogen) atoms. The van der Waals surface area contributed by atoms with Gasteiger partial charge < -0.3 is 10.1 Å². The van der Waals surface area contributed by atoms with Crippen molar-refractivity contribution in [3.05, 3.63) is 54.5 Å². The Morgan fingerprint density at radius 3 is 2.83 bits per heavy atom. The minimum absolute atomic E-state index is 0.0367. The highest BCUT2D eigenvalue weighted by molar-refractivity contribution is 5.69. The molecular weight excluding hydrogens is 387 g/mol. The molecule has 0 amide bonds. The molecule has 0 atom stereocenters. The molecular formula is C19H18F3N5O2. The maximum Gasteiger partial charge on any atom is 0.416 e. The first-order chi connectivity index (χ1) is 13.8. The highest BCUT2D eigenvalue weighted by atomic mass is 19.4. The number of alkyl halides is 3. The Kier molecular flexibility index (Phi) is 6.10. The second-order valence-electron chi connectivity index (χ2n) is 6.01. The summed E-state index contributed by atoms with van der Waals surface area (Å²) in [6, 6.07) is 6.91. The van der Waals surface area contributed by atoms with Crippen LogP contribution >= 0.6 is 0 Å². The monoisotopic (exact) mass is 405 g/mol. The van der Waals surface area contributed by atoms with Crippen molar-refractivity contribution in [2.75, 3.05) is 11.9 Å². The summed E-state index contributed by atoms with van der Waals surface area (Å²) in [6.07, 6.45) is 0.161. The number of pyridine rings is 2. The average molecular weight is 405 g/mol. The van der Waals surface area contributed by atoms with Crippen LogP contribution in [0.3, 0.4) is 0 Å². The standard InChI is InChI=1S/C19H18F3N5O2/c1-2-29-18(28)7-9-27-12-13(11-24-27)15-4-3-5-16(25-15)26-17-10-14(6-8-23-17)19(20,21)22/h3-6,8,10-12H,2,7,9H2,1H3,(H,23,25,26). The second kappa shape index (κ2) is 8.72. The van der Waals surface area contributed by atoms with E-state index < -0.39 is 11.7 Å². The quantitative estimate of drug-likeness (QED) is 0.597. The third-order valence-electron chi connectivity index (χ3n) is 3.87. The number of hydrogen-bond acceptors (Lipinski definition) is 6. The van der Waals surface area contributed by atoms with Gasteiger partial charge in [0, 0.05) is 18.0 Å². The van der Waals surface area contributed by atoms with Crippen molar-refractivity contribution in [2.45, 2.75) is 26.1 Å². The zero-order valence-corrected chi connectivity index (χ0v) is 15.5. The number of carbonyl (C=O) groups excluding carboxylic acids is 1. The molecule has 0 aliphatic rings. The van der Waals surface area contributed by atoms with E-state index in [0.29, 0.717) is 30.2 Å². The van der Waals surface area contributed by atoms with Crippen molar-refractivity contribution in [3.63, 3.8) is 0 Å². The maximum absolute atomic E-state index is 12.8. The summed E-state index contributed by atoms with van der Waals surface area (Å²) in [7, 11) is 0. The van der Waals surface area contributed by atoms with E-state index in [1.54, 1.807) is 42.2 Å². The van der Waals surface area contributed by atoms with Crippen LogP contribution in [0, 0.1) is 0 Å². The third-order valence-corrected chi connectivity index (χ3v) is 3.87. The number of anilines is 2. The minimum Gasteiger partial charge on any atom is -0.466 e. The molecule has 3 aromatic heterocycles. The summed E-state index contributed by atoms with van der Waals surface area (Å²) >= 11 is 0. The van der Waals surface area contributed by atoms with Crippen molar-refractivity contribution in [2.24, 2.45) is 0 Å². The summed E-state index contributed by atoms with van der Waals surface area (Å²) in [4.78, 5) is 19.7. The molecule has 0 saturated heterocycles. The fourth-order valence-electron chi connectivity index (χ4n) is 2.53. The largest absolute Gasteiger partial charge is 0.466 e. The first kappa shape index (κ1) is 20.3. The number of carbonyl (C=O) groups is 1. The first-order valence-corrected chi connectivity index (χ1v) is 8.81. The van der Waals surface area contributed by atoms with E-state index in [1.165, 1.54) is 0 Å². The van der Waals surface area contributed by atoms with E-state index in [1.807, 2.05) is 0 Å². The van der Waals surface area contributed by atoms with E-state index in [4.69, 9.17) is 4.74 Å². The Labute approximate surface area is 164 Å². The fourth-order valence-corrected chi connectivity index (χ4v) is 2.53. The number of hydrogen-bond donors (Lipinski definition) is 1. The van der Waals surface area contributed by atoms with Crippen LogP contribution in [0.4, 0.5) is 24.8 Å². The number of rotatable bonds is 7. The van der Waals surface area contributed by atoms with E-state index in [-0.39, 0.29) is 18.2 Å². The van der Waals surface area contributed by atoms with E-state index in [9.17, 15) is 18.0 Å². The predicted octanol–water partition coefficient (Wildman–Crippen LogP) is 4.06. The third kappa shape index (κ3) is 5.53. The molecule has 3 aromatic rings. The van der Waals surface area contributed by atoms with Gasteiger partial charge in [-0.25, -0.2) is 9.97 Å². The Bertz CT molecular complexity index is 988. The summed E-state index contributed by atoms with van der Waals surface area (Å²) in [5, 5.41) is 6.96. The van der Waals surface area contributed by atoms with Crippen LogP contribution < -0.4 is 5.32 Å². The first-order valence-electron chi connectivity index (χ1n) is 8.81. The maximum atomic E-state index is 12.8. The summed E-state index contributed by atoms with van der Waals surface area (Å²) in [5.41, 5.74) is 0.480. The van der Waals surface area contributed by atoms with Crippen molar-refractivity contribution in [3.8, 4) is 11.3 Å². The van der Waals surface area contributed by atoms with Gasteiger partial charge in [0.1, 0.15) is 11.6 Å². The zero-order chi connectivity index (χ0) is 20.9. The molecule has 0 fully saturated rings. The van der Waals surface area contributed by atoms with E-state index in [2.05, 4.69) is 20.4 Å². The van der Waals surface area contributed by atoms with Crippen LogP contribution in [0.1, 0.15) is 18.9 Å². The van der Waals surface area contributed by atoms with Gasteiger partial charge in [-0.15, -0.1) is 0 Å². The molecule has 7 nitrogen and oxygen atoms in total. The highest BCUT2D eigenvalue weighted by Gasteiger charge is 2.30.